The smallest absolute Gasteiger partial charge is 0.414 e. The first-order chi connectivity index (χ1) is 12.3. The maximum Gasteiger partial charge on any atom is 0.414 e. The Balaban J connectivity index is 0.00000243. The third kappa shape index (κ3) is 4.11. The van der Waals surface area contributed by atoms with Gasteiger partial charge in [0.1, 0.15) is 5.75 Å². The monoisotopic (exact) mass is 366 g/mol. The molecule has 0 aliphatic carbocycles. The molecular weight excluding hydrogens is 344 g/mol. The minimum absolute atomic E-state index is 0. The maximum atomic E-state index is 12.3. The van der Waals surface area contributed by atoms with Crippen LogP contribution in [0.5, 0.6) is 5.75 Å². The first-order valence-corrected chi connectivity index (χ1v) is 9.64. The van der Waals surface area contributed by atoms with E-state index in [0.717, 1.165) is 29.3 Å². The van der Waals surface area contributed by atoms with E-state index in [1.54, 1.807) is 12.0 Å². The summed E-state index contributed by atoms with van der Waals surface area (Å²) < 4.78 is 10.6. The van der Waals surface area contributed by atoms with Gasteiger partial charge in [0.15, 0.2) is 0 Å². The summed E-state index contributed by atoms with van der Waals surface area (Å²) in [5.74, 6) is 0.841. The van der Waals surface area contributed by atoms with Gasteiger partial charge < -0.3 is 9.47 Å². The molecule has 1 atom stereocenters. The average Bonchev–Trinajstić information content (AvgIpc) is 2.69. The van der Waals surface area contributed by atoms with Crippen molar-refractivity contribution in [1.82, 2.24) is 4.90 Å². The zero-order valence-electron chi connectivity index (χ0n) is 15.1. The van der Waals surface area contributed by atoms with Crippen LogP contribution in [0.25, 0.3) is 0 Å². The van der Waals surface area contributed by atoms with Crippen LogP contribution < -0.4 is 15.3 Å². The van der Waals surface area contributed by atoms with E-state index in [-0.39, 0.29) is 14.5 Å². The van der Waals surface area contributed by atoms with E-state index in [1.165, 1.54) is 12.4 Å². The van der Waals surface area contributed by atoms with E-state index in [4.69, 9.17) is 9.47 Å². The quantitative estimate of drug-likeness (QED) is 0.615. The number of nitrogens with zero attached hydrogens (tertiary/aromatic N) is 1. The molecular formula is C20H22BNO3P. The highest BCUT2D eigenvalue weighted by Crippen LogP contribution is 2.48. The molecule has 1 aliphatic heterocycles. The van der Waals surface area contributed by atoms with Crippen molar-refractivity contribution in [3.8, 4) is 5.75 Å². The van der Waals surface area contributed by atoms with Crippen molar-refractivity contribution in [2.45, 2.75) is 12.8 Å². The van der Waals surface area contributed by atoms with Crippen molar-refractivity contribution in [2.24, 2.45) is 0 Å². The van der Waals surface area contributed by atoms with Gasteiger partial charge in [-0.3, -0.25) is 4.90 Å². The lowest BCUT2D eigenvalue weighted by atomic mass is 10.2. The number of allylic oxidation sites excluding steroid dienone is 1. The highest BCUT2D eigenvalue weighted by molar-refractivity contribution is 7.76. The third-order valence-electron chi connectivity index (χ3n) is 4.15. The number of ether oxygens (including phenoxy) is 2. The van der Waals surface area contributed by atoms with Crippen LogP contribution in [0.4, 0.5) is 4.79 Å². The lowest BCUT2D eigenvalue weighted by molar-refractivity contribution is 0.136. The largest absolute Gasteiger partial charge is 0.496 e. The van der Waals surface area contributed by atoms with Crippen LogP contribution in [-0.4, -0.2) is 40.2 Å². The number of para-hydroxylation sites is 1. The highest BCUT2D eigenvalue weighted by Gasteiger charge is 2.31. The van der Waals surface area contributed by atoms with Crippen molar-refractivity contribution in [2.75, 3.05) is 20.8 Å². The standard InChI is InChI=1S/C20H22NO3P.B/c1-23-17-12-6-7-13-18(17)25(16-10-4-3-5-11-16)19-14-8-9-15-21(19)20(22)24-2;/h3-7,10-14H,8-9,15H2,1-2H3;. The zero-order valence-corrected chi connectivity index (χ0v) is 16.0. The number of rotatable bonds is 4. The predicted molar refractivity (Wildman–Crippen MR) is 108 cm³/mol. The summed E-state index contributed by atoms with van der Waals surface area (Å²) in [4.78, 5) is 14.1. The van der Waals surface area contributed by atoms with Crippen LogP contribution in [-0.2, 0) is 4.74 Å². The predicted octanol–water partition coefficient (Wildman–Crippen LogP) is 3.45. The summed E-state index contributed by atoms with van der Waals surface area (Å²) in [7, 11) is 2.21. The molecule has 133 valence electrons. The number of hydrogen-bond acceptors (Lipinski definition) is 3. The van der Waals surface area contributed by atoms with Crippen molar-refractivity contribution in [1.29, 1.82) is 0 Å². The Labute approximate surface area is 158 Å². The lowest BCUT2D eigenvalue weighted by Gasteiger charge is -2.33. The fourth-order valence-electron chi connectivity index (χ4n) is 3.00. The fourth-order valence-corrected chi connectivity index (χ4v) is 5.61. The Morgan fingerprint density at radius 1 is 1.04 bits per heavy atom. The van der Waals surface area contributed by atoms with Gasteiger partial charge in [0.25, 0.3) is 0 Å². The van der Waals surface area contributed by atoms with Gasteiger partial charge in [-0.1, -0.05) is 54.6 Å². The van der Waals surface area contributed by atoms with Crippen molar-refractivity contribution in [3.63, 3.8) is 0 Å². The number of carbonyl (C=O) groups excluding carboxylic acids is 1. The van der Waals surface area contributed by atoms with Gasteiger partial charge in [-0.2, -0.15) is 0 Å². The van der Waals surface area contributed by atoms with Crippen LogP contribution in [0.2, 0.25) is 0 Å². The second-order valence-electron chi connectivity index (χ2n) is 5.67. The minimum atomic E-state index is -0.912. The van der Waals surface area contributed by atoms with Gasteiger partial charge in [-0.25, -0.2) is 4.79 Å². The summed E-state index contributed by atoms with van der Waals surface area (Å²) in [6.07, 6.45) is 3.78. The molecule has 1 aliphatic rings. The maximum absolute atomic E-state index is 12.3. The summed E-state index contributed by atoms with van der Waals surface area (Å²) in [5.41, 5.74) is 1.02. The first kappa shape index (κ1) is 20.1. The Morgan fingerprint density at radius 2 is 1.73 bits per heavy atom. The molecule has 1 amide bonds. The van der Waals surface area contributed by atoms with Gasteiger partial charge in [0, 0.05) is 28.2 Å². The molecule has 1 heterocycles. The fraction of sp³-hybridized carbons (Fsp3) is 0.250. The summed E-state index contributed by atoms with van der Waals surface area (Å²) in [5, 5.41) is 2.29. The van der Waals surface area contributed by atoms with Gasteiger partial charge in [-0.05, 0) is 24.2 Å². The van der Waals surface area contributed by atoms with Crippen LogP contribution in [0.1, 0.15) is 12.8 Å². The number of benzene rings is 2. The summed E-state index contributed by atoms with van der Waals surface area (Å²) in [6.45, 7) is 0.680. The normalized spacial score (nSPS) is 14.7. The van der Waals surface area contributed by atoms with Gasteiger partial charge in [0.2, 0.25) is 0 Å². The molecule has 3 radical (unpaired) electrons. The average molecular weight is 366 g/mol. The van der Waals surface area contributed by atoms with E-state index in [9.17, 15) is 4.79 Å². The molecule has 0 saturated heterocycles. The van der Waals surface area contributed by atoms with Crippen LogP contribution in [0.15, 0.2) is 66.1 Å². The van der Waals surface area contributed by atoms with Gasteiger partial charge >= 0.3 is 6.09 Å². The van der Waals surface area contributed by atoms with Crippen LogP contribution in [0, 0.1) is 0 Å². The van der Waals surface area contributed by atoms with E-state index in [2.05, 4.69) is 24.3 Å². The second-order valence-corrected chi connectivity index (χ2v) is 7.80. The molecule has 2 aromatic rings. The van der Waals surface area contributed by atoms with E-state index in [1.807, 2.05) is 36.4 Å². The number of hydrogen-bond donors (Lipinski definition) is 0. The molecule has 1 unspecified atom stereocenters. The van der Waals surface area contributed by atoms with Crippen LogP contribution >= 0.6 is 7.92 Å². The molecule has 26 heavy (non-hydrogen) atoms. The van der Waals surface area contributed by atoms with Crippen molar-refractivity contribution >= 4 is 33.0 Å². The van der Waals surface area contributed by atoms with E-state index < -0.39 is 7.92 Å². The van der Waals surface area contributed by atoms with Crippen LogP contribution in [0.3, 0.4) is 0 Å². The number of methoxy groups -OCH3 is 2. The highest BCUT2D eigenvalue weighted by atomic mass is 31.1. The Hall–Kier alpha value is -2.26. The molecule has 3 rings (SSSR count). The molecule has 0 fully saturated rings. The number of carbonyl (C=O) groups is 1. The summed E-state index contributed by atoms with van der Waals surface area (Å²) in [6, 6.07) is 18.3. The second kappa shape index (κ2) is 9.44. The Kier molecular flexibility index (Phi) is 7.29. The van der Waals surface area contributed by atoms with E-state index >= 15 is 0 Å². The molecule has 6 heteroatoms. The molecule has 0 spiro atoms. The topological polar surface area (TPSA) is 38.8 Å². The van der Waals surface area contributed by atoms with E-state index in [0.29, 0.717) is 6.54 Å². The zero-order chi connectivity index (χ0) is 17.6. The SMILES string of the molecule is COC(=O)N1CCCC=C1P(c1ccccc1)c1ccccc1OC.[B]. The lowest BCUT2D eigenvalue weighted by Crippen LogP contribution is -2.35. The van der Waals surface area contributed by atoms with Crippen molar-refractivity contribution < 1.29 is 14.3 Å². The molecule has 4 nitrogen and oxygen atoms in total. The molecule has 0 N–H and O–H groups in total. The third-order valence-corrected chi connectivity index (χ3v) is 6.70. The molecule has 0 bridgehead atoms. The summed E-state index contributed by atoms with van der Waals surface area (Å²) >= 11 is 0. The Morgan fingerprint density at radius 3 is 2.42 bits per heavy atom. The Bertz CT molecular complexity index is 767. The van der Waals surface area contributed by atoms with Gasteiger partial charge in [-0.15, -0.1) is 0 Å². The number of amides is 1. The minimum Gasteiger partial charge on any atom is -0.496 e. The first-order valence-electron chi connectivity index (χ1n) is 8.30. The molecule has 0 saturated carbocycles. The van der Waals surface area contributed by atoms with Gasteiger partial charge in [0.05, 0.1) is 19.7 Å². The van der Waals surface area contributed by atoms with Crippen molar-refractivity contribution in [3.05, 3.63) is 66.1 Å². The molecule has 0 aromatic heterocycles. The molecule has 2 aromatic carbocycles.